The van der Waals surface area contributed by atoms with Crippen LogP contribution >= 0.6 is 23.5 Å². The zero-order valence-electron chi connectivity index (χ0n) is 25.1. The van der Waals surface area contributed by atoms with Gasteiger partial charge in [0.25, 0.3) is 0 Å². The highest BCUT2D eigenvalue weighted by atomic mass is 35.5. The molecule has 4 atom stereocenters. The second-order valence-corrected chi connectivity index (χ2v) is 14.0. The molecule has 0 aliphatic carbocycles. The van der Waals surface area contributed by atoms with E-state index in [2.05, 4.69) is 15.4 Å². The first-order chi connectivity index (χ1) is 19.7. The lowest BCUT2D eigenvalue weighted by Crippen LogP contribution is -2.44. The summed E-state index contributed by atoms with van der Waals surface area (Å²) in [4.78, 5) is 50.6. The maximum absolute atomic E-state index is 13.3. The van der Waals surface area contributed by atoms with Crippen molar-refractivity contribution in [1.82, 2.24) is 15.4 Å². The minimum Gasteiger partial charge on any atom is -0.440 e. The zero-order valence-corrected chi connectivity index (χ0v) is 26.7. The van der Waals surface area contributed by atoms with E-state index in [0.717, 1.165) is 23.1 Å². The van der Waals surface area contributed by atoms with Crippen molar-refractivity contribution in [3.05, 3.63) is 70.7 Å². The lowest BCUT2D eigenvalue weighted by molar-refractivity contribution is -0.126. The van der Waals surface area contributed by atoms with Crippen molar-refractivity contribution in [2.24, 2.45) is 11.8 Å². The van der Waals surface area contributed by atoms with E-state index >= 15 is 0 Å². The smallest absolute Gasteiger partial charge is 0.417 e. The number of carbonyl (C=O) groups excluding carboxylic acids is 4. The summed E-state index contributed by atoms with van der Waals surface area (Å²) in [7, 11) is 0. The van der Waals surface area contributed by atoms with Crippen LogP contribution in [0.1, 0.15) is 78.0 Å². The number of hydrogen-bond donors (Lipinski definition) is 3. The molecule has 3 amide bonds. The molecule has 2 aromatic rings. The van der Waals surface area contributed by atoms with Gasteiger partial charge in [-0.1, -0.05) is 81.8 Å². The molecule has 3 N–H and O–H groups in total. The highest BCUT2D eigenvalue weighted by Crippen LogP contribution is 2.40. The Hall–Kier alpha value is -3.04. The maximum Gasteiger partial charge on any atom is 0.417 e. The Bertz CT molecular complexity index is 1250. The van der Waals surface area contributed by atoms with Gasteiger partial charge < -0.3 is 20.2 Å². The highest BCUT2D eigenvalue weighted by Gasteiger charge is 2.39. The van der Waals surface area contributed by atoms with Gasteiger partial charge in [0.05, 0.1) is 6.04 Å². The molecule has 0 spiro atoms. The van der Waals surface area contributed by atoms with Crippen molar-refractivity contribution < 1.29 is 23.9 Å². The third-order valence-electron chi connectivity index (χ3n) is 7.43. The third kappa shape index (κ3) is 9.23. The summed E-state index contributed by atoms with van der Waals surface area (Å²) < 4.78 is 8.71. The first kappa shape index (κ1) is 33.5. The van der Waals surface area contributed by atoms with E-state index in [9.17, 15) is 19.2 Å². The first-order valence-corrected chi connectivity index (χ1v) is 15.5. The average Bonchev–Trinajstić information content (AvgIpc) is 3.19. The Morgan fingerprint density at radius 3 is 2.43 bits per heavy atom. The summed E-state index contributed by atoms with van der Waals surface area (Å²) in [6.07, 6.45) is 0.569. The normalized spacial score (nSPS) is 18.5. The molecule has 2 aromatic carbocycles. The molecule has 8 nitrogen and oxygen atoms in total. The summed E-state index contributed by atoms with van der Waals surface area (Å²) in [5, 5.41) is 5.60. The van der Waals surface area contributed by atoms with Crippen molar-refractivity contribution in [2.75, 3.05) is 0 Å². The van der Waals surface area contributed by atoms with E-state index in [0.29, 0.717) is 24.2 Å². The lowest BCUT2D eigenvalue weighted by Gasteiger charge is -2.35. The van der Waals surface area contributed by atoms with Gasteiger partial charge in [-0.3, -0.25) is 14.3 Å². The fourth-order valence-corrected chi connectivity index (χ4v) is 6.44. The van der Waals surface area contributed by atoms with E-state index < -0.39 is 28.9 Å². The summed E-state index contributed by atoms with van der Waals surface area (Å²) in [5.41, 5.74) is 0.729. The minimum atomic E-state index is -0.815. The Kier molecular flexibility index (Phi) is 11.5. The van der Waals surface area contributed by atoms with E-state index in [1.165, 1.54) is 0 Å². The summed E-state index contributed by atoms with van der Waals surface area (Å²) in [6.45, 7) is 11.8. The number of benzene rings is 2. The number of hydrogen-bond acceptors (Lipinski definition) is 6. The first-order valence-electron chi connectivity index (χ1n) is 14.2. The second-order valence-electron chi connectivity index (χ2n) is 12.5. The SMILES string of the molecule is CC(C)C[C@H](SNC(=O)OC(c1ccccc1)C(C)(C)c1cccc(Cl)c1)C(=O)NC(C=O)CC1CC(C)(C)NC1=O. The Labute approximate surface area is 258 Å². The van der Waals surface area contributed by atoms with Crippen LogP contribution in [0.25, 0.3) is 0 Å². The molecule has 42 heavy (non-hydrogen) atoms. The Morgan fingerprint density at radius 2 is 1.86 bits per heavy atom. The Balaban J connectivity index is 1.70. The fourth-order valence-electron chi connectivity index (χ4n) is 5.30. The molecule has 228 valence electrons. The Morgan fingerprint density at radius 1 is 1.17 bits per heavy atom. The van der Waals surface area contributed by atoms with Gasteiger partial charge in [0.15, 0.2) is 0 Å². The second kappa shape index (κ2) is 14.4. The van der Waals surface area contributed by atoms with Crippen molar-refractivity contribution in [3.8, 4) is 0 Å². The van der Waals surface area contributed by atoms with Gasteiger partial charge in [0.2, 0.25) is 11.8 Å². The van der Waals surface area contributed by atoms with Gasteiger partial charge in [-0.05, 0) is 74.2 Å². The molecule has 0 saturated carbocycles. The molecule has 1 saturated heterocycles. The predicted octanol–water partition coefficient (Wildman–Crippen LogP) is 6.14. The molecule has 3 rings (SSSR count). The van der Waals surface area contributed by atoms with Crippen LogP contribution in [-0.4, -0.2) is 41.0 Å². The molecule has 1 heterocycles. The molecule has 0 bridgehead atoms. The minimum absolute atomic E-state index is 0.118. The summed E-state index contributed by atoms with van der Waals surface area (Å²) >= 11 is 7.23. The number of amides is 3. The third-order valence-corrected chi connectivity index (χ3v) is 8.64. The molecule has 0 aromatic heterocycles. The molecule has 3 unspecified atom stereocenters. The van der Waals surface area contributed by atoms with Crippen molar-refractivity contribution in [1.29, 1.82) is 0 Å². The summed E-state index contributed by atoms with van der Waals surface area (Å²) in [6, 6.07) is 16.1. The molecule has 1 fully saturated rings. The predicted molar refractivity (Wildman–Crippen MR) is 167 cm³/mol. The number of rotatable bonds is 13. The van der Waals surface area contributed by atoms with Gasteiger partial charge in [0.1, 0.15) is 17.6 Å². The van der Waals surface area contributed by atoms with Gasteiger partial charge in [-0.2, -0.15) is 0 Å². The standard InChI is InChI=1S/C32H42ClN3O5S/c1-20(2)15-26(29(39)34-25(19-37)16-22-18-31(3,4)35-28(22)38)42-36-30(40)41-27(21-11-8-7-9-12-21)32(5,6)23-13-10-14-24(33)17-23/h7-14,17,19-20,22,25-27H,15-16,18H2,1-6H3,(H,34,39)(H,35,38)(H,36,40)/t22?,25?,26-,27?/m0/s1. The van der Waals surface area contributed by atoms with Crippen LogP contribution in [0.4, 0.5) is 4.79 Å². The van der Waals surface area contributed by atoms with Crippen molar-refractivity contribution >= 4 is 47.7 Å². The van der Waals surface area contributed by atoms with Gasteiger partial charge >= 0.3 is 6.09 Å². The van der Waals surface area contributed by atoms with Crippen LogP contribution in [0, 0.1) is 11.8 Å². The van der Waals surface area contributed by atoms with E-state index in [4.69, 9.17) is 16.3 Å². The van der Waals surface area contributed by atoms with E-state index in [-0.39, 0.29) is 35.6 Å². The number of ether oxygens (including phenoxy) is 1. The van der Waals surface area contributed by atoms with Crippen LogP contribution in [0.3, 0.4) is 0 Å². The van der Waals surface area contributed by atoms with Crippen LogP contribution in [-0.2, 0) is 24.5 Å². The molecule has 0 radical (unpaired) electrons. The largest absolute Gasteiger partial charge is 0.440 e. The number of aldehydes is 1. The lowest BCUT2D eigenvalue weighted by atomic mass is 9.76. The number of carbonyl (C=O) groups is 4. The number of nitrogens with one attached hydrogen (secondary N) is 3. The fraction of sp³-hybridized carbons (Fsp3) is 0.500. The van der Waals surface area contributed by atoms with Crippen LogP contribution in [0.15, 0.2) is 54.6 Å². The van der Waals surface area contributed by atoms with E-state index in [1.807, 2.05) is 90.1 Å². The summed E-state index contributed by atoms with van der Waals surface area (Å²) in [5.74, 6) is -0.728. The van der Waals surface area contributed by atoms with Gasteiger partial charge in [-0.25, -0.2) is 4.79 Å². The van der Waals surface area contributed by atoms with Gasteiger partial charge in [0, 0.05) is 21.9 Å². The topological polar surface area (TPSA) is 114 Å². The molecule has 1 aliphatic heterocycles. The van der Waals surface area contributed by atoms with Gasteiger partial charge in [-0.15, -0.1) is 0 Å². The zero-order chi connectivity index (χ0) is 31.1. The highest BCUT2D eigenvalue weighted by molar-refractivity contribution is 7.99. The quantitative estimate of drug-likeness (QED) is 0.184. The number of halogens is 1. The van der Waals surface area contributed by atoms with Crippen LogP contribution in [0.5, 0.6) is 0 Å². The monoisotopic (exact) mass is 615 g/mol. The maximum atomic E-state index is 13.3. The molecule has 10 heteroatoms. The average molecular weight is 616 g/mol. The van der Waals surface area contributed by atoms with Crippen LogP contribution in [0.2, 0.25) is 5.02 Å². The van der Waals surface area contributed by atoms with Crippen molar-refractivity contribution in [2.45, 2.75) is 89.2 Å². The van der Waals surface area contributed by atoms with Crippen molar-refractivity contribution in [3.63, 3.8) is 0 Å². The van der Waals surface area contributed by atoms with E-state index in [1.54, 1.807) is 6.07 Å². The molecule has 1 aliphatic rings. The van der Waals surface area contributed by atoms with Crippen LogP contribution < -0.4 is 15.4 Å². The molecular formula is C32H42ClN3O5S. The molecular weight excluding hydrogens is 574 g/mol.